The summed E-state index contributed by atoms with van der Waals surface area (Å²) in [7, 11) is 4.36. The minimum atomic E-state index is 0.519. The Hall–Kier alpha value is -0.0800. The van der Waals surface area contributed by atoms with Crippen molar-refractivity contribution in [2.24, 2.45) is 11.3 Å². The highest BCUT2D eigenvalue weighted by molar-refractivity contribution is 4.89. The number of nitrogens with one attached hydrogen (secondary N) is 1. The number of nitrogens with zero attached hydrogens (tertiary/aromatic N) is 1. The van der Waals surface area contributed by atoms with E-state index in [2.05, 4.69) is 45.1 Å². The lowest BCUT2D eigenvalue weighted by Crippen LogP contribution is -2.46. The highest BCUT2D eigenvalue weighted by Gasteiger charge is 2.35. The van der Waals surface area contributed by atoms with E-state index in [1.54, 1.807) is 0 Å². The first-order valence-corrected chi connectivity index (χ1v) is 6.84. The second-order valence-corrected chi connectivity index (χ2v) is 6.24. The average molecular weight is 226 g/mol. The van der Waals surface area contributed by atoms with Crippen molar-refractivity contribution in [3.63, 3.8) is 0 Å². The zero-order valence-electron chi connectivity index (χ0n) is 11.8. The number of hydrogen-bond donors (Lipinski definition) is 1. The zero-order valence-corrected chi connectivity index (χ0v) is 11.8. The molecule has 1 N–H and O–H groups in total. The molecule has 0 spiro atoms. The van der Waals surface area contributed by atoms with E-state index in [9.17, 15) is 0 Å². The Balaban J connectivity index is 2.63. The summed E-state index contributed by atoms with van der Waals surface area (Å²) in [6.07, 6.45) is 5.63. The van der Waals surface area contributed by atoms with Crippen LogP contribution in [0.2, 0.25) is 0 Å². The minimum absolute atomic E-state index is 0.519. The van der Waals surface area contributed by atoms with Crippen LogP contribution in [0.3, 0.4) is 0 Å². The van der Waals surface area contributed by atoms with Crippen LogP contribution in [0.15, 0.2) is 0 Å². The molecule has 2 atom stereocenters. The van der Waals surface area contributed by atoms with Crippen LogP contribution >= 0.6 is 0 Å². The molecule has 0 aromatic carbocycles. The lowest BCUT2D eigenvalue weighted by molar-refractivity contribution is 0.0811. The molecule has 1 aliphatic rings. The van der Waals surface area contributed by atoms with E-state index in [1.807, 2.05) is 0 Å². The van der Waals surface area contributed by atoms with Gasteiger partial charge in [-0.2, -0.15) is 0 Å². The van der Waals surface area contributed by atoms with Gasteiger partial charge in [0.15, 0.2) is 0 Å². The van der Waals surface area contributed by atoms with Crippen molar-refractivity contribution in [1.82, 2.24) is 10.2 Å². The minimum Gasteiger partial charge on any atom is -0.319 e. The molecule has 2 unspecified atom stereocenters. The molecular weight excluding hydrogens is 196 g/mol. The Morgan fingerprint density at radius 1 is 1.44 bits per heavy atom. The standard InChI is InChI=1S/C14H30N2/c1-12(2)16(5)11-14(10-15-4)8-6-7-13(3)9-14/h12-13,15H,6-11H2,1-5H3. The number of hydrogen-bond acceptors (Lipinski definition) is 2. The molecular formula is C14H30N2. The van der Waals surface area contributed by atoms with Gasteiger partial charge in [-0.25, -0.2) is 0 Å². The fourth-order valence-corrected chi connectivity index (χ4v) is 3.22. The molecule has 16 heavy (non-hydrogen) atoms. The van der Waals surface area contributed by atoms with Crippen molar-refractivity contribution in [2.45, 2.75) is 52.5 Å². The number of rotatable bonds is 5. The van der Waals surface area contributed by atoms with E-state index >= 15 is 0 Å². The molecule has 2 heteroatoms. The van der Waals surface area contributed by atoms with Crippen molar-refractivity contribution in [3.05, 3.63) is 0 Å². The maximum Gasteiger partial charge on any atom is 0.00499 e. The average Bonchev–Trinajstić information content (AvgIpc) is 2.17. The van der Waals surface area contributed by atoms with Gasteiger partial charge < -0.3 is 10.2 Å². The van der Waals surface area contributed by atoms with Crippen LogP contribution in [0.25, 0.3) is 0 Å². The van der Waals surface area contributed by atoms with Gasteiger partial charge in [-0.1, -0.05) is 19.8 Å². The summed E-state index contributed by atoms with van der Waals surface area (Å²) in [4.78, 5) is 2.51. The summed E-state index contributed by atoms with van der Waals surface area (Å²) in [5.41, 5.74) is 0.519. The van der Waals surface area contributed by atoms with Gasteiger partial charge in [-0.15, -0.1) is 0 Å². The summed E-state index contributed by atoms with van der Waals surface area (Å²) >= 11 is 0. The maximum absolute atomic E-state index is 3.42. The zero-order chi connectivity index (χ0) is 12.2. The van der Waals surface area contributed by atoms with Gasteiger partial charge in [0.1, 0.15) is 0 Å². The third-order valence-electron chi connectivity index (χ3n) is 4.20. The summed E-state index contributed by atoms with van der Waals surface area (Å²) in [6, 6.07) is 0.658. The Morgan fingerprint density at radius 3 is 2.62 bits per heavy atom. The van der Waals surface area contributed by atoms with Crippen LogP contribution in [-0.4, -0.2) is 38.1 Å². The van der Waals surface area contributed by atoms with Crippen molar-refractivity contribution in [1.29, 1.82) is 0 Å². The van der Waals surface area contributed by atoms with Gasteiger partial charge in [-0.3, -0.25) is 0 Å². The van der Waals surface area contributed by atoms with Crippen LogP contribution in [0, 0.1) is 11.3 Å². The van der Waals surface area contributed by atoms with E-state index in [4.69, 9.17) is 0 Å². The van der Waals surface area contributed by atoms with E-state index in [0.717, 1.165) is 5.92 Å². The fourth-order valence-electron chi connectivity index (χ4n) is 3.22. The Kier molecular flexibility index (Phi) is 5.26. The Labute approximate surface area is 102 Å². The molecule has 0 radical (unpaired) electrons. The van der Waals surface area contributed by atoms with E-state index in [1.165, 1.54) is 38.8 Å². The van der Waals surface area contributed by atoms with Gasteiger partial charge in [-0.05, 0) is 52.1 Å². The molecule has 1 fully saturated rings. The molecule has 0 heterocycles. The third-order valence-corrected chi connectivity index (χ3v) is 4.20. The summed E-state index contributed by atoms with van der Waals surface area (Å²) in [6.45, 7) is 9.42. The molecule has 1 saturated carbocycles. The molecule has 96 valence electrons. The lowest BCUT2D eigenvalue weighted by Gasteiger charge is -2.43. The van der Waals surface area contributed by atoms with Gasteiger partial charge in [0.2, 0.25) is 0 Å². The second-order valence-electron chi connectivity index (χ2n) is 6.24. The van der Waals surface area contributed by atoms with E-state index in [-0.39, 0.29) is 0 Å². The molecule has 0 bridgehead atoms. The largest absolute Gasteiger partial charge is 0.319 e. The highest BCUT2D eigenvalue weighted by Crippen LogP contribution is 2.39. The summed E-state index contributed by atoms with van der Waals surface area (Å²) in [5, 5.41) is 3.42. The van der Waals surface area contributed by atoms with Crippen LogP contribution < -0.4 is 5.32 Å². The molecule has 0 saturated heterocycles. The highest BCUT2D eigenvalue weighted by atomic mass is 15.1. The van der Waals surface area contributed by atoms with Crippen molar-refractivity contribution >= 4 is 0 Å². The van der Waals surface area contributed by atoms with Crippen molar-refractivity contribution < 1.29 is 0 Å². The maximum atomic E-state index is 3.42. The van der Waals surface area contributed by atoms with Crippen LogP contribution in [0.4, 0.5) is 0 Å². The summed E-state index contributed by atoms with van der Waals surface area (Å²) in [5.74, 6) is 0.905. The molecule has 2 nitrogen and oxygen atoms in total. The smallest absolute Gasteiger partial charge is 0.00499 e. The fraction of sp³-hybridized carbons (Fsp3) is 1.00. The first kappa shape index (κ1) is 14.0. The topological polar surface area (TPSA) is 15.3 Å². The SMILES string of the molecule is CNCC1(CN(C)C(C)C)CCCC(C)C1. The molecule has 1 aliphatic carbocycles. The van der Waals surface area contributed by atoms with Crippen LogP contribution in [0.1, 0.15) is 46.5 Å². The van der Waals surface area contributed by atoms with Gasteiger partial charge in [0, 0.05) is 19.1 Å². The normalized spacial score (nSPS) is 31.3. The molecule has 1 rings (SSSR count). The predicted molar refractivity (Wildman–Crippen MR) is 71.8 cm³/mol. The van der Waals surface area contributed by atoms with Crippen LogP contribution in [-0.2, 0) is 0 Å². The first-order chi connectivity index (χ1) is 7.49. The Bertz CT molecular complexity index is 199. The third kappa shape index (κ3) is 3.74. The molecule has 0 aromatic heterocycles. The van der Waals surface area contributed by atoms with Gasteiger partial charge in [0.25, 0.3) is 0 Å². The predicted octanol–water partition coefficient (Wildman–Crippen LogP) is 2.74. The quantitative estimate of drug-likeness (QED) is 0.775. The molecule has 0 aliphatic heterocycles. The van der Waals surface area contributed by atoms with E-state index < -0.39 is 0 Å². The molecule has 0 amide bonds. The van der Waals surface area contributed by atoms with Gasteiger partial charge in [0.05, 0.1) is 0 Å². The van der Waals surface area contributed by atoms with Gasteiger partial charge >= 0.3 is 0 Å². The second kappa shape index (κ2) is 6.02. The van der Waals surface area contributed by atoms with Crippen LogP contribution in [0.5, 0.6) is 0 Å². The van der Waals surface area contributed by atoms with Crippen molar-refractivity contribution in [3.8, 4) is 0 Å². The first-order valence-electron chi connectivity index (χ1n) is 6.84. The van der Waals surface area contributed by atoms with E-state index in [0.29, 0.717) is 11.5 Å². The monoisotopic (exact) mass is 226 g/mol. The summed E-state index contributed by atoms with van der Waals surface area (Å²) < 4.78 is 0. The Morgan fingerprint density at radius 2 is 2.12 bits per heavy atom. The molecule has 0 aromatic rings. The van der Waals surface area contributed by atoms with Crippen molar-refractivity contribution in [2.75, 3.05) is 27.2 Å². The lowest BCUT2D eigenvalue weighted by atomic mass is 9.69.